The van der Waals surface area contributed by atoms with E-state index in [-0.39, 0.29) is 27.1 Å². The fraction of sp³-hybridized carbons (Fsp3) is 0.290. The van der Waals surface area contributed by atoms with Crippen LogP contribution in [0.1, 0.15) is 129 Å². The van der Waals surface area contributed by atoms with Gasteiger partial charge in [-0.2, -0.15) is 0 Å². The summed E-state index contributed by atoms with van der Waals surface area (Å²) < 4.78 is 13.5. The molecule has 5 heteroatoms. The number of benzene rings is 6. The van der Waals surface area contributed by atoms with Crippen molar-refractivity contribution < 1.29 is 9.30 Å². The molecule has 0 N–H and O–H groups in total. The highest BCUT2D eigenvalue weighted by Crippen LogP contribution is 2.41. The number of ether oxygens (including phenoxy) is 1. The van der Waals surface area contributed by atoms with Crippen molar-refractivity contribution in [2.45, 2.75) is 117 Å². The van der Waals surface area contributed by atoms with Crippen LogP contribution in [0.25, 0.3) is 39.0 Å². The fourth-order valence-electron chi connectivity index (χ4n) is 9.25. The van der Waals surface area contributed by atoms with Crippen LogP contribution >= 0.6 is 0 Å². The quantitative estimate of drug-likeness (QED) is 0.107. The van der Waals surface area contributed by atoms with Gasteiger partial charge in [0.05, 0.1) is 22.4 Å². The Kier molecular flexibility index (Phi) is 11.2. The highest BCUT2D eigenvalue weighted by Gasteiger charge is 2.28. The molecule has 3 aromatic heterocycles. The van der Waals surface area contributed by atoms with Crippen molar-refractivity contribution in [3.8, 4) is 28.7 Å². The summed E-state index contributed by atoms with van der Waals surface area (Å²) >= 11 is 0. The molecule has 0 bridgehead atoms. The van der Waals surface area contributed by atoms with Crippen molar-refractivity contribution >= 4 is 21.8 Å². The van der Waals surface area contributed by atoms with Crippen LogP contribution in [0.3, 0.4) is 0 Å². The van der Waals surface area contributed by atoms with E-state index in [0.29, 0.717) is 0 Å². The number of imidazole rings is 1. The summed E-state index contributed by atoms with van der Waals surface area (Å²) in [4.78, 5) is 4.98. The molecule has 0 fully saturated rings. The molecule has 0 amide bonds. The lowest BCUT2D eigenvalue weighted by molar-refractivity contribution is -0.599. The molecule has 6 aromatic carbocycles. The number of pyridine rings is 1. The zero-order chi connectivity index (χ0) is 47.7. The smallest absolute Gasteiger partial charge is 0.268 e. The van der Waals surface area contributed by atoms with Crippen LogP contribution in [0.5, 0.6) is 11.5 Å². The summed E-state index contributed by atoms with van der Waals surface area (Å²) in [5.74, 6) is 2.39. The van der Waals surface area contributed by atoms with Crippen molar-refractivity contribution in [2.75, 3.05) is 0 Å². The number of fused-ring (bicyclic) bond motifs is 3. The number of nitrogens with zero attached hydrogens (tertiary/aromatic N) is 4. The monoisotopic (exact) mass is 883 g/mol. The molecule has 0 aliphatic heterocycles. The average Bonchev–Trinajstić information content (AvgIpc) is 3.92. The third kappa shape index (κ3) is 8.85. The molecule has 0 spiro atoms. The average molecular weight is 883 g/mol. The lowest BCUT2D eigenvalue weighted by Gasteiger charge is -2.30. The van der Waals surface area contributed by atoms with Gasteiger partial charge in [-0.3, -0.25) is 13.7 Å². The fourth-order valence-corrected chi connectivity index (χ4v) is 9.25. The topological polar surface area (TPSA) is 35.9 Å². The first kappa shape index (κ1) is 45.4. The van der Waals surface area contributed by atoms with Crippen LogP contribution in [-0.2, 0) is 27.1 Å². The minimum atomic E-state index is -0.331. The standard InChI is InChI=1S/C62H66N4O/c1-58(2,3)44-24-27-55-54(37-44)53-26-25-51(40-56(53)66(55)57-38-45(28-29-63-57)59(4,5)6)67-52-36-48(62(12,13)43-22-18-15-19-23-43)35-50(39-52)65-31-30-64(41-65)49-33-46(60(7,8)9)32-47(34-49)61(10,11)42-20-16-14-17-21-42/h14-40H,1-13H3. The van der Waals surface area contributed by atoms with E-state index in [2.05, 4.69) is 268 Å². The van der Waals surface area contributed by atoms with Crippen LogP contribution in [-0.4, -0.2) is 14.1 Å². The molecule has 5 nitrogen and oxygen atoms in total. The highest BCUT2D eigenvalue weighted by molar-refractivity contribution is 6.09. The van der Waals surface area contributed by atoms with Crippen molar-refractivity contribution in [3.05, 3.63) is 209 Å². The van der Waals surface area contributed by atoms with E-state index in [9.17, 15) is 0 Å². The molecule has 0 aliphatic rings. The number of hydrogen-bond acceptors (Lipinski definition) is 2. The molecular formula is C62H66N4O. The predicted molar refractivity (Wildman–Crippen MR) is 278 cm³/mol. The molecule has 0 aliphatic carbocycles. The van der Waals surface area contributed by atoms with E-state index in [4.69, 9.17) is 9.72 Å². The Morgan fingerprint density at radius 1 is 0.463 bits per heavy atom. The Hall–Kier alpha value is -6.72. The van der Waals surface area contributed by atoms with Gasteiger partial charge >= 0.3 is 0 Å². The zero-order valence-corrected chi connectivity index (χ0v) is 41.8. The van der Waals surface area contributed by atoms with E-state index in [1.54, 1.807) is 0 Å². The lowest BCUT2D eigenvalue weighted by Crippen LogP contribution is -2.31. The van der Waals surface area contributed by atoms with E-state index < -0.39 is 0 Å². The van der Waals surface area contributed by atoms with Gasteiger partial charge in [-0.05, 0) is 122 Å². The number of rotatable bonds is 9. The number of aromatic nitrogens is 4. The van der Waals surface area contributed by atoms with Crippen molar-refractivity contribution in [2.24, 2.45) is 0 Å². The van der Waals surface area contributed by atoms with Gasteiger partial charge in [0.15, 0.2) is 0 Å². The Morgan fingerprint density at radius 3 is 1.69 bits per heavy atom. The Labute approximate surface area is 398 Å². The van der Waals surface area contributed by atoms with Crippen molar-refractivity contribution in [1.82, 2.24) is 14.1 Å². The normalized spacial score (nSPS) is 12.9. The third-order valence-electron chi connectivity index (χ3n) is 13.9. The molecule has 67 heavy (non-hydrogen) atoms. The zero-order valence-electron chi connectivity index (χ0n) is 41.8. The summed E-state index contributed by atoms with van der Waals surface area (Å²) in [6.07, 6.45) is 9.86. The molecule has 3 heterocycles. The molecule has 9 aromatic rings. The molecule has 9 rings (SSSR count). The molecule has 0 saturated carbocycles. The first-order valence-corrected chi connectivity index (χ1v) is 23.8. The van der Waals surface area contributed by atoms with E-state index in [0.717, 1.165) is 50.7 Å². The van der Waals surface area contributed by atoms with Gasteiger partial charge in [-0.15, -0.1) is 0 Å². The van der Waals surface area contributed by atoms with E-state index >= 15 is 0 Å². The summed E-state index contributed by atoms with van der Waals surface area (Å²) in [6.45, 7) is 29.6. The Morgan fingerprint density at radius 2 is 1.06 bits per heavy atom. The van der Waals surface area contributed by atoms with Gasteiger partial charge in [-0.1, -0.05) is 163 Å². The van der Waals surface area contributed by atoms with Gasteiger partial charge in [-0.25, -0.2) is 4.98 Å². The third-order valence-corrected chi connectivity index (χ3v) is 13.9. The van der Waals surface area contributed by atoms with Gasteiger partial charge < -0.3 is 4.74 Å². The van der Waals surface area contributed by atoms with E-state index in [1.165, 1.54) is 38.8 Å². The highest BCUT2D eigenvalue weighted by atomic mass is 16.5. The Bertz CT molecular complexity index is 3250. The van der Waals surface area contributed by atoms with E-state index in [1.807, 2.05) is 6.20 Å². The first-order chi connectivity index (χ1) is 31.6. The molecule has 0 radical (unpaired) electrons. The second-order valence-electron chi connectivity index (χ2n) is 22.6. The lowest BCUT2D eigenvalue weighted by atomic mass is 9.75. The molecule has 0 unspecified atom stereocenters. The molecule has 340 valence electrons. The number of hydrogen-bond donors (Lipinski definition) is 0. The minimum Gasteiger partial charge on any atom is -0.458 e. The molecule has 0 saturated heterocycles. The molecular weight excluding hydrogens is 817 g/mol. The largest absolute Gasteiger partial charge is 0.458 e. The minimum absolute atomic E-state index is 0.00141. The van der Waals surface area contributed by atoms with Crippen LogP contribution in [0, 0.1) is 6.33 Å². The van der Waals surface area contributed by atoms with Gasteiger partial charge in [0, 0.05) is 46.3 Å². The van der Waals surface area contributed by atoms with Crippen LogP contribution in [0.2, 0.25) is 0 Å². The van der Waals surface area contributed by atoms with Crippen LogP contribution in [0.15, 0.2) is 164 Å². The second kappa shape index (κ2) is 16.6. The van der Waals surface area contributed by atoms with Gasteiger partial charge in [0.2, 0.25) is 0 Å². The van der Waals surface area contributed by atoms with Crippen molar-refractivity contribution in [3.63, 3.8) is 0 Å². The SMILES string of the molecule is CC(C)(C)c1cc(-[n+]2[c-]n(-c3cc(Oc4ccc5c6cc(C(C)(C)C)ccc6n(-c6cc(C(C)(C)C)ccn6)c5c4)cc(C(C)(C)c4ccccc4)c3)cc2)cc(C(C)(C)c2ccccc2)c1. The summed E-state index contributed by atoms with van der Waals surface area (Å²) in [5.41, 5.74) is 12.3. The van der Waals surface area contributed by atoms with Gasteiger partial charge in [0.1, 0.15) is 17.3 Å². The predicted octanol–water partition coefficient (Wildman–Crippen LogP) is 15.4. The maximum absolute atomic E-state index is 7.04. The molecule has 0 atom stereocenters. The maximum atomic E-state index is 7.04. The summed E-state index contributed by atoms with van der Waals surface area (Å²) in [5, 5.41) is 2.36. The van der Waals surface area contributed by atoms with Crippen LogP contribution < -0.4 is 9.30 Å². The van der Waals surface area contributed by atoms with Crippen LogP contribution in [0.4, 0.5) is 0 Å². The second-order valence-corrected chi connectivity index (χ2v) is 22.6. The Balaban J connectivity index is 1.17. The first-order valence-electron chi connectivity index (χ1n) is 23.8. The maximum Gasteiger partial charge on any atom is 0.268 e. The summed E-state index contributed by atoms with van der Waals surface area (Å²) in [7, 11) is 0. The van der Waals surface area contributed by atoms with Crippen molar-refractivity contribution in [1.29, 1.82) is 0 Å². The summed E-state index contributed by atoms with van der Waals surface area (Å²) in [6, 6.07) is 52.9. The van der Waals surface area contributed by atoms with Gasteiger partial charge in [0.25, 0.3) is 6.33 Å².